The number of carboxylic acid groups (broad SMARTS) is 1. The highest BCUT2D eigenvalue weighted by molar-refractivity contribution is 7.92. The number of nitrogens with one attached hydrogen (secondary N) is 2. The molecule has 2 aliphatic heterocycles. The van der Waals surface area contributed by atoms with Gasteiger partial charge in [0.1, 0.15) is 0 Å². The molecule has 1 aromatic heterocycles. The molecule has 2 saturated heterocycles. The SMILES string of the molecule is CS(=O)(=O)Nc1ccc(Cc2noc(C3CC4CCC(C3)N4CC[C@H](NC(=O)CC3CC3)c3ccccc3)n2)cc1.O=C(O)C(F)(F)F. The van der Waals surface area contributed by atoms with Crippen molar-refractivity contribution >= 4 is 27.6 Å². The lowest BCUT2D eigenvalue weighted by Gasteiger charge is -2.38. The number of piperidine rings is 1. The fourth-order valence-electron chi connectivity index (χ4n) is 6.56. The van der Waals surface area contributed by atoms with Gasteiger partial charge in [-0.1, -0.05) is 47.6 Å². The molecule has 260 valence electrons. The molecule has 6 rings (SSSR count). The lowest BCUT2D eigenvalue weighted by atomic mass is 9.90. The zero-order valence-electron chi connectivity index (χ0n) is 26.5. The van der Waals surface area contributed by atoms with E-state index in [1.54, 1.807) is 12.1 Å². The molecule has 3 atom stereocenters. The number of carboxylic acids is 1. The van der Waals surface area contributed by atoms with Crippen molar-refractivity contribution in [2.24, 2.45) is 5.92 Å². The van der Waals surface area contributed by atoms with Crippen LogP contribution in [-0.4, -0.2) is 71.5 Å². The first-order chi connectivity index (χ1) is 22.7. The second-order valence-corrected chi connectivity index (χ2v) is 14.6. The third kappa shape index (κ3) is 10.3. The minimum atomic E-state index is -5.08. The molecule has 48 heavy (non-hydrogen) atoms. The number of anilines is 1. The number of nitrogens with zero attached hydrogens (tertiary/aromatic N) is 3. The first-order valence-electron chi connectivity index (χ1n) is 16.0. The Labute approximate surface area is 277 Å². The van der Waals surface area contributed by atoms with Crippen molar-refractivity contribution < 1.29 is 40.8 Å². The summed E-state index contributed by atoms with van der Waals surface area (Å²) in [7, 11) is -3.30. The summed E-state index contributed by atoms with van der Waals surface area (Å²) in [5.41, 5.74) is 2.70. The number of hydrogen-bond acceptors (Lipinski definition) is 8. The zero-order valence-corrected chi connectivity index (χ0v) is 27.3. The Morgan fingerprint density at radius 2 is 1.65 bits per heavy atom. The molecule has 1 aliphatic carbocycles. The topological polar surface area (TPSA) is 155 Å². The first-order valence-corrected chi connectivity index (χ1v) is 17.9. The second kappa shape index (κ2) is 15.1. The Bertz CT molecular complexity index is 1630. The monoisotopic (exact) mass is 691 g/mol. The maximum absolute atomic E-state index is 12.7. The quantitative estimate of drug-likeness (QED) is 0.226. The van der Waals surface area contributed by atoms with Crippen molar-refractivity contribution in [3.63, 3.8) is 0 Å². The Morgan fingerprint density at radius 1 is 1.02 bits per heavy atom. The number of aromatic nitrogens is 2. The number of amides is 1. The van der Waals surface area contributed by atoms with Gasteiger partial charge in [-0.25, -0.2) is 13.2 Å². The van der Waals surface area contributed by atoms with Crippen LogP contribution in [0.5, 0.6) is 0 Å². The van der Waals surface area contributed by atoms with Crippen molar-refractivity contribution in [2.45, 2.75) is 88.0 Å². The maximum Gasteiger partial charge on any atom is 0.490 e. The highest BCUT2D eigenvalue weighted by Gasteiger charge is 2.43. The van der Waals surface area contributed by atoms with E-state index in [-0.39, 0.29) is 17.9 Å². The predicted molar refractivity (Wildman–Crippen MR) is 170 cm³/mol. The van der Waals surface area contributed by atoms with Crippen LogP contribution in [0.3, 0.4) is 0 Å². The number of fused-ring (bicyclic) bond motifs is 2. The molecule has 3 aromatic rings. The molecule has 2 unspecified atom stereocenters. The van der Waals surface area contributed by atoms with Crippen LogP contribution in [0.2, 0.25) is 0 Å². The summed E-state index contributed by atoms with van der Waals surface area (Å²) < 4.78 is 62.8. The molecular formula is C33H40F3N5O6S. The molecule has 2 aromatic carbocycles. The minimum absolute atomic E-state index is 0.0364. The van der Waals surface area contributed by atoms with Crippen LogP contribution in [0.15, 0.2) is 59.1 Å². The van der Waals surface area contributed by atoms with Crippen molar-refractivity contribution in [1.29, 1.82) is 0 Å². The summed E-state index contributed by atoms with van der Waals surface area (Å²) in [6.45, 7) is 0.963. The second-order valence-electron chi connectivity index (χ2n) is 12.9. The maximum atomic E-state index is 12.7. The van der Waals surface area contributed by atoms with Gasteiger partial charge in [-0.2, -0.15) is 18.2 Å². The van der Waals surface area contributed by atoms with Gasteiger partial charge in [0.2, 0.25) is 21.8 Å². The van der Waals surface area contributed by atoms with Crippen LogP contribution in [0.25, 0.3) is 0 Å². The number of alkyl halides is 3. The van der Waals surface area contributed by atoms with Gasteiger partial charge in [-0.15, -0.1) is 0 Å². The number of hydrogen-bond donors (Lipinski definition) is 3. The summed E-state index contributed by atoms with van der Waals surface area (Å²) in [4.78, 5) is 29.0. The van der Waals surface area contributed by atoms with Crippen LogP contribution in [0, 0.1) is 5.92 Å². The van der Waals surface area contributed by atoms with Crippen LogP contribution < -0.4 is 10.0 Å². The van der Waals surface area contributed by atoms with E-state index in [4.69, 9.17) is 19.4 Å². The van der Waals surface area contributed by atoms with E-state index in [0.717, 1.165) is 43.5 Å². The molecule has 3 fully saturated rings. The van der Waals surface area contributed by atoms with E-state index in [0.29, 0.717) is 42.4 Å². The van der Waals surface area contributed by atoms with E-state index in [1.807, 2.05) is 18.2 Å². The average molecular weight is 692 g/mol. The number of halogens is 3. The highest BCUT2D eigenvalue weighted by atomic mass is 32.2. The highest BCUT2D eigenvalue weighted by Crippen LogP contribution is 2.43. The van der Waals surface area contributed by atoms with Crippen LogP contribution >= 0.6 is 0 Å². The van der Waals surface area contributed by atoms with Crippen LogP contribution in [0.1, 0.15) is 86.2 Å². The largest absolute Gasteiger partial charge is 0.490 e. The van der Waals surface area contributed by atoms with Gasteiger partial charge in [-0.3, -0.25) is 14.4 Å². The molecule has 0 radical (unpaired) electrons. The van der Waals surface area contributed by atoms with Gasteiger partial charge in [0.15, 0.2) is 5.82 Å². The fraction of sp³-hybridized carbons (Fsp3) is 0.515. The molecule has 2 bridgehead atoms. The van der Waals surface area contributed by atoms with Gasteiger partial charge in [0.25, 0.3) is 0 Å². The van der Waals surface area contributed by atoms with Crippen LogP contribution in [-0.2, 0) is 26.0 Å². The van der Waals surface area contributed by atoms with E-state index in [1.165, 1.54) is 31.2 Å². The van der Waals surface area contributed by atoms with Crippen molar-refractivity contribution in [1.82, 2.24) is 20.4 Å². The van der Waals surface area contributed by atoms with Gasteiger partial charge in [0.05, 0.1) is 12.3 Å². The Balaban J connectivity index is 0.000000582. The average Bonchev–Trinajstić information content (AvgIpc) is 3.65. The van der Waals surface area contributed by atoms with Gasteiger partial charge < -0.3 is 14.9 Å². The van der Waals surface area contributed by atoms with Gasteiger partial charge in [0, 0.05) is 43.1 Å². The molecule has 3 heterocycles. The molecule has 3 N–H and O–H groups in total. The molecule has 1 saturated carbocycles. The van der Waals surface area contributed by atoms with Crippen molar-refractivity contribution in [2.75, 3.05) is 17.5 Å². The number of carbonyl (C=O) groups is 2. The smallest absolute Gasteiger partial charge is 0.475 e. The third-order valence-corrected chi connectivity index (χ3v) is 9.57. The minimum Gasteiger partial charge on any atom is -0.475 e. The molecular weight excluding hydrogens is 651 g/mol. The van der Waals surface area contributed by atoms with E-state index in [9.17, 15) is 26.4 Å². The van der Waals surface area contributed by atoms with E-state index < -0.39 is 22.2 Å². The number of benzene rings is 2. The summed E-state index contributed by atoms with van der Waals surface area (Å²) in [5, 5.41) is 14.7. The Morgan fingerprint density at radius 3 is 2.21 bits per heavy atom. The number of aliphatic carboxylic acids is 1. The van der Waals surface area contributed by atoms with E-state index in [2.05, 4.69) is 44.4 Å². The molecule has 15 heteroatoms. The Hall–Kier alpha value is -3.98. The Kier molecular flexibility index (Phi) is 11.1. The van der Waals surface area contributed by atoms with Crippen molar-refractivity contribution in [3.8, 4) is 0 Å². The lowest BCUT2D eigenvalue weighted by Crippen LogP contribution is -2.44. The first kappa shape index (κ1) is 35.3. The standard InChI is InChI=1S/C31H39N5O4S.C2HF3O2/c1-41(38,39)35-25-11-9-21(10-12-25)17-29-33-31(40-34-29)24-19-26-13-14-27(20-24)36(26)16-15-28(23-5-3-2-4-6-23)32-30(37)18-22-7-8-22;3-2(4,5)1(6)7/h2-6,9-12,22,24,26-28,35H,7-8,13-20H2,1H3,(H,32,37);(H,6,7)/t24?,26?,27?,28-;/m0./s1. The summed E-state index contributed by atoms with van der Waals surface area (Å²) in [6.07, 6.45) is 4.88. The number of sulfonamides is 1. The lowest BCUT2D eigenvalue weighted by molar-refractivity contribution is -0.192. The molecule has 1 amide bonds. The summed E-state index contributed by atoms with van der Waals surface area (Å²) in [6, 6.07) is 18.6. The molecule has 3 aliphatic rings. The predicted octanol–water partition coefficient (Wildman–Crippen LogP) is 5.42. The van der Waals surface area contributed by atoms with Crippen molar-refractivity contribution in [3.05, 3.63) is 77.4 Å². The zero-order chi connectivity index (χ0) is 34.5. The third-order valence-electron chi connectivity index (χ3n) is 8.96. The van der Waals surface area contributed by atoms with Crippen LogP contribution in [0.4, 0.5) is 18.9 Å². The number of carbonyl (C=O) groups excluding carboxylic acids is 1. The molecule has 11 nitrogen and oxygen atoms in total. The summed E-state index contributed by atoms with van der Waals surface area (Å²) in [5.74, 6) is -0.373. The van der Waals surface area contributed by atoms with Gasteiger partial charge >= 0.3 is 12.1 Å². The fourth-order valence-corrected chi connectivity index (χ4v) is 7.12. The van der Waals surface area contributed by atoms with Gasteiger partial charge in [-0.05, 0) is 74.1 Å². The summed E-state index contributed by atoms with van der Waals surface area (Å²) >= 11 is 0. The normalized spacial score (nSPS) is 21.5. The number of rotatable bonds is 12. The van der Waals surface area contributed by atoms with E-state index >= 15 is 0 Å². The molecule has 0 spiro atoms.